The summed E-state index contributed by atoms with van der Waals surface area (Å²) in [6.45, 7) is 4.05. The molecule has 2 rings (SSSR count). The van der Waals surface area contributed by atoms with Gasteiger partial charge in [0.15, 0.2) is 0 Å². The highest BCUT2D eigenvalue weighted by Crippen LogP contribution is 2.31. The minimum atomic E-state index is -0.145. The summed E-state index contributed by atoms with van der Waals surface area (Å²) in [5.41, 5.74) is 4.44. The van der Waals surface area contributed by atoms with E-state index >= 15 is 0 Å². The predicted octanol–water partition coefficient (Wildman–Crippen LogP) is 5.29. The summed E-state index contributed by atoms with van der Waals surface area (Å²) in [5, 5.41) is 0.619. The van der Waals surface area contributed by atoms with Gasteiger partial charge in [0.1, 0.15) is 0 Å². The standard InChI is InChI=1S/C15H14Cl2/c1-10-3-6-12(7-4-10)15(17)13-8-5-11(2)14(16)9-13/h3-9,15H,1-2H3. The van der Waals surface area contributed by atoms with Gasteiger partial charge in [-0.3, -0.25) is 0 Å². The first kappa shape index (κ1) is 12.5. The highest BCUT2D eigenvalue weighted by molar-refractivity contribution is 6.31. The lowest BCUT2D eigenvalue weighted by Crippen LogP contribution is -1.93. The van der Waals surface area contributed by atoms with Crippen LogP contribution in [0.4, 0.5) is 0 Å². The number of aryl methyl sites for hydroxylation is 2. The first-order chi connectivity index (χ1) is 8.08. The van der Waals surface area contributed by atoms with Gasteiger partial charge in [0.25, 0.3) is 0 Å². The smallest absolute Gasteiger partial charge is 0.0835 e. The Balaban J connectivity index is 2.33. The molecule has 0 aliphatic rings. The topological polar surface area (TPSA) is 0 Å². The molecule has 1 unspecified atom stereocenters. The van der Waals surface area contributed by atoms with Crippen molar-refractivity contribution in [1.82, 2.24) is 0 Å². The Kier molecular flexibility index (Phi) is 3.76. The summed E-state index contributed by atoms with van der Waals surface area (Å²) < 4.78 is 0. The molecule has 0 spiro atoms. The lowest BCUT2D eigenvalue weighted by molar-refractivity contribution is 1.13. The van der Waals surface area contributed by atoms with Crippen LogP contribution in [0, 0.1) is 13.8 Å². The van der Waals surface area contributed by atoms with E-state index in [1.807, 2.05) is 25.1 Å². The van der Waals surface area contributed by atoms with Gasteiger partial charge in [0, 0.05) is 5.02 Å². The normalized spacial score (nSPS) is 12.5. The summed E-state index contributed by atoms with van der Waals surface area (Å²) in [7, 11) is 0. The van der Waals surface area contributed by atoms with E-state index in [-0.39, 0.29) is 5.38 Å². The first-order valence-electron chi connectivity index (χ1n) is 5.54. The van der Waals surface area contributed by atoms with E-state index in [1.54, 1.807) is 0 Å². The third kappa shape index (κ3) is 2.83. The largest absolute Gasteiger partial charge is 0.113 e. The van der Waals surface area contributed by atoms with Gasteiger partial charge in [-0.15, -0.1) is 11.6 Å². The number of benzene rings is 2. The van der Waals surface area contributed by atoms with E-state index in [4.69, 9.17) is 23.2 Å². The van der Waals surface area contributed by atoms with Crippen LogP contribution in [0.3, 0.4) is 0 Å². The number of alkyl halides is 1. The van der Waals surface area contributed by atoms with Gasteiger partial charge in [-0.1, -0.05) is 53.6 Å². The summed E-state index contributed by atoms with van der Waals surface area (Å²) in [4.78, 5) is 0. The average Bonchev–Trinajstić information content (AvgIpc) is 2.33. The molecule has 0 fully saturated rings. The molecule has 0 radical (unpaired) electrons. The Bertz CT molecular complexity index is 515. The summed E-state index contributed by atoms with van der Waals surface area (Å²) >= 11 is 12.6. The third-order valence-electron chi connectivity index (χ3n) is 2.86. The van der Waals surface area contributed by atoms with Crippen LogP contribution >= 0.6 is 23.2 Å². The maximum atomic E-state index is 6.45. The molecule has 2 heteroatoms. The second-order valence-corrected chi connectivity index (χ2v) is 5.13. The molecule has 2 aromatic rings. The van der Waals surface area contributed by atoms with Gasteiger partial charge in [0.2, 0.25) is 0 Å². The summed E-state index contributed by atoms with van der Waals surface area (Å²) in [5.74, 6) is 0. The number of halogens is 2. The quantitative estimate of drug-likeness (QED) is 0.647. The Morgan fingerprint density at radius 3 is 2.06 bits per heavy atom. The Morgan fingerprint density at radius 1 is 0.882 bits per heavy atom. The second kappa shape index (κ2) is 5.12. The molecular formula is C15H14Cl2. The molecule has 17 heavy (non-hydrogen) atoms. The zero-order valence-electron chi connectivity index (χ0n) is 9.87. The molecule has 0 aromatic heterocycles. The van der Waals surface area contributed by atoms with Crippen LogP contribution < -0.4 is 0 Å². The van der Waals surface area contributed by atoms with Gasteiger partial charge < -0.3 is 0 Å². The number of hydrogen-bond donors (Lipinski definition) is 0. The highest BCUT2D eigenvalue weighted by atomic mass is 35.5. The van der Waals surface area contributed by atoms with Crippen molar-refractivity contribution in [3.8, 4) is 0 Å². The zero-order chi connectivity index (χ0) is 12.4. The lowest BCUT2D eigenvalue weighted by Gasteiger charge is -2.12. The van der Waals surface area contributed by atoms with E-state index in [1.165, 1.54) is 5.56 Å². The van der Waals surface area contributed by atoms with Crippen LogP contribution in [-0.4, -0.2) is 0 Å². The molecule has 0 heterocycles. The molecule has 2 aromatic carbocycles. The molecule has 0 saturated heterocycles. The van der Waals surface area contributed by atoms with Crippen molar-refractivity contribution in [1.29, 1.82) is 0 Å². The van der Waals surface area contributed by atoms with Crippen LogP contribution in [0.25, 0.3) is 0 Å². The predicted molar refractivity (Wildman–Crippen MR) is 75.1 cm³/mol. The SMILES string of the molecule is Cc1ccc(C(Cl)c2ccc(C)c(Cl)c2)cc1. The molecule has 0 saturated carbocycles. The van der Waals surface area contributed by atoms with E-state index in [9.17, 15) is 0 Å². The van der Waals surface area contributed by atoms with Gasteiger partial charge in [-0.2, -0.15) is 0 Å². The second-order valence-electron chi connectivity index (χ2n) is 4.28. The Labute approximate surface area is 112 Å². The van der Waals surface area contributed by atoms with Crippen LogP contribution in [0.15, 0.2) is 42.5 Å². The third-order valence-corrected chi connectivity index (χ3v) is 3.77. The number of rotatable bonds is 2. The van der Waals surface area contributed by atoms with E-state index in [0.29, 0.717) is 0 Å². The van der Waals surface area contributed by atoms with Crippen LogP contribution in [0.5, 0.6) is 0 Å². The minimum absolute atomic E-state index is 0.145. The molecular weight excluding hydrogens is 251 g/mol. The molecule has 0 bridgehead atoms. The van der Waals surface area contributed by atoms with Gasteiger partial charge >= 0.3 is 0 Å². The van der Waals surface area contributed by atoms with Crippen LogP contribution in [-0.2, 0) is 0 Å². The first-order valence-corrected chi connectivity index (χ1v) is 6.36. The fourth-order valence-corrected chi connectivity index (χ4v) is 2.16. The number of hydrogen-bond acceptors (Lipinski definition) is 0. The van der Waals surface area contributed by atoms with Gasteiger partial charge in [-0.25, -0.2) is 0 Å². The maximum absolute atomic E-state index is 6.45. The highest BCUT2D eigenvalue weighted by Gasteiger charge is 2.11. The van der Waals surface area contributed by atoms with Gasteiger partial charge in [0.05, 0.1) is 5.38 Å². The van der Waals surface area contributed by atoms with Crippen molar-refractivity contribution >= 4 is 23.2 Å². The summed E-state index contributed by atoms with van der Waals surface area (Å²) in [6.07, 6.45) is 0. The Morgan fingerprint density at radius 2 is 1.47 bits per heavy atom. The van der Waals surface area contributed by atoms with Crippen LogP contribution in [0.1, 0.15) is 27.6 Å². The lowest BCUT2D eigenvalue weighted by atomic mass is 10.0. The Hall–Kier alpha value is -0.980. The molecule has 0 N–H and O–H groups in total. The van der Waals surface area contributed by atoms with E-state index < -0.39 is 0 Å². The average molecular weight is 265 g/mol. The van der Waals surface area contributed by atoms with Crippen molar-refractivity contribution in [2.45, 2.75) is 19.2 Å². The van der Waals surface area contributed by atoms with Gasteiger partial charge in [-0.05, 0) is 36.6 Å². The zero-order valence-corrected chi connectivity index (χ0v) is 11.4. The van der Waals surface area contributed by atoms with Crippen molar-refractivity contribution in [2.24, 2.45) is 0 Å². The molecule has 1 atom stereocenters. The van der Waals surface area contributed by atoms with Crippen molar-refractivity contribution in [3.05, 3.63) is 69.7 Å². The molecule has 0 aliphatic heterocycles. The summed E-state index contributed by atoms with van der Waals surface area (Å²) in [6, 6.07) is 14.2. The molecule has 0 aliphatic carbocycles. The van der Waals surface area contributed by atoms with E-state index in [0.717, 1.165) is 21.7 Å². The van der Waals surface area contributed by atoms with Crippen molar-refractivity contribution in [2.75, 3.05) is 0 Å². The molecule has 0 amide bonds. The van der Waals surface area contributed by atoms with Crippen molar-refractivity contribution < 1.29 is 0 Å². The molecule has 88 valence electrons. The molecule has 0 nitrogen and oxygen atoms in total. The van der Waals surface area contributed by atoms with Crippen LogP contribution in [0.2, 0.25) is 5.02 Å². The fourth-order valence-electron chi connectivity index (χ4n) is 1.69. The van der Waals surface area contributed by atoms with E-state index in [2.05, 4.69) is 31.2 Å². The minimum Gasteiger partial charge on any atom is -0.113 e. The van der Waals surface area contributed by atoms with Crippen molar-refractivity contribution in [3.63, 3.8) is 0 Å². The maximum Gasteiger partial charge on any atom is 0.0835 e. The fraction of sp³-hybridized carbons (Fsp3) is 0.200. The monoisotopic (exact) mass is 264 g/mol.